The highest BCUT2D eigenvalue weighted by Crippen LogP contribution is 2.43. The van der Waals surface area contributed by atoms with Crippen LogP contribution in [-0.4, -0.2) is 35.5 Å². The number of rotatable bonds is 4. The fourth-order valence-corrected chi connectivity index (χ4v) is 5.25. The van der Waals surface area contributed by atoms with Crippen LogP contribution in [-0.2, 0) is 16.0 Å². The van der Waals surface area contributed by atoms with Crippen molar-refractivity contribution in [2.75, 3.05) is 19.7 Å². The minimum absolute atomic E-state index is 0.0154. The lowest BCUT2D eigenvalue weighted by Gasteiger charge is -2.39. The molecule has 1 aliphatic carbocycles. The molecule has 1 fully saturated rings. The molecule has 2 heterocycles. The van der Waals surface area contributed by atoms with Gasteiger partial charge in [0.05, 0.1) is 12.5 Å². The lowest BCUT2D eigenvalue weighted by atomic mass is 9.84. The molecule has 1 saturated heterocycles. The van der Waals surface area contributed by atoms with Crippen molar-refractivity contribution in [3.8, 4) is 11.3 Å². The summed E-state index contributed by atoms with van der Waals surface area (Å²) in [6.07, 6.45) is 4.03. The first-order chi connectivity index (χ1) is 14.3. The van der Waals surface area contributed by atoms with E-state index in [1.807, 2.05) is 6.92 Å². The van der Waals surface area contributed by atoms with E-state index in [-0.39, 0.29) is 11.9 Å². The number of carbonyl (C=O) groups excluding carboxylic acids is 1. The van der Waals surface area contributed by atoms with Crippen LogP contribution in [0.5, 0.6) is 0 Å². The van der Waals surface area contributed by atoms with Crippen molar-refractivity contribution in [2.45, 2.75) is 38.6 Å². The quantitative estimate of drug-likeness (QED) is 0.633. The van der Waals surface area contributed by atoms with Gasteiger partial charge in [-0.25, -0.2) is 0 Å². The predicted octanol–water partition coefficient (Wildman–Crippen LogP) is 5.10. The van der Waals surface area contributed by atoms with E-state index in [0.717, 1.165) is 38.8 Å². The Bertz CT molecular complexity index is 1020. The lowest BCUT2D eigenvalue weighted by molar-refractivity contribution is -0.149. The zero-order valence-corrected chi connectivity index (χ0v) is 17.0. The largest absolute Gasteiger partial charge is 0.466 e. The minimum atomic E-state index is -0.0154. The van der Waals surface area contributed by atoms with Crippen LogP contribution in [0.2, 0.25) is 0 Å². The van der Waals surface area contributed by atoms with Crippen molar-refractivity contribution >= 4 is 16.9 Å². The topological polar surface area (TPSA) is 45.3 Å². The number of carbonyl (C=O) groups is 1. The molecule has 1 aromatic heterocycles. The number of H-pyrrole nitrogens is 1. The molecule has 4 nitrogen and oxygen atoms in total. The Labute approximate surface area is 171 Å². The van der Waals surface area contributed by atoms with E-state index in [1.165, 1.54) is 33.3 Å². The average molecular weight is 389 g/mol. The molecular weight excluding hydrogens is 360 g/mol. The molecule has 1 unspecified atom stereocenters. The Balaban J connectivity index is 1.44. The Kier molecular flexibility index (Phi) is 4.88. The molecule has 4 heteroatoms. The standard InChI is InChI=1S/C25H28N2O2/c1-2-29-25(28)18-13-15-27(16-14-18)22-12-11-20-23-19(22)9-6-10-21(23)26-24(20)17-7-4-3-5-8-17/h3-10,18,22,26H,2,11-16H2,1H3. The maximum Gasteiger partial charge on any atom is 0.309 e. The SMILES string of the molecule is CCOC(=O)C1CCN(C2CCc3c(-c4ccccc4)[nH]c4cccc2c34)CC1. The number of nitrogens with one attached hydrogen (secondary N) is 1. The van der Waals surface area contributed by atoms with Crippen LogP contribution in [0.15, 0.2) is 48.5 Å². The first-order valence-corrected chi connectivity index (χ1v) is 10.9. The van der Waals surface area contributed by atoms with Crippen molar-refractivity contribution in [2.24, 2.45) is 5.92 Å². The summed E-state index contributed by atoms with van der Waals surface area (Å²) in [5.41, 5.74) is 6.67. The van der Waals surface area contributed by atoms with Gasteiger partial charge in [-0.2, -0.15) is 0 Å². The first-order valence-electron chi connectivity index (χ1n) is 10.9. The number of nitrogens with zero attached hydrogens (tertiary/aromatic N) is 1. The van der Waals surface area contributed by atoms with Crippen LogP contribution in [0, 0.1) is 5.92 Å². The molecule has 1 atom stereocenters. The van der Waals surface area contributed by atoms with Crippen LogP contribution in [0.1, 0.15) is 43.4 Å². The van der Waals surface area contributed by atoms with E-state index in [4.69, 9.17) is 4.74 Å². The molecule has 3 aromatic rings. The van der Waals surface area contributed by atoms with Gasteiger partial charge in [-0.3, -0.25) is 9.69 Å². The van der Waals surface area contributed by atoms with E-state index in [1.54, 1.807) is 0 Å². The van der Waals surface area contributed by atoms with Crippen molar-refractivity contribution in [1.82, 2.24) is 9.88 Å². The number of hydrogen-bond acceptors (Lipinski definition) is 3. The molecular formula is C25H28N2O2. The maximum atomic E-state index is 12.1. The number of aryl methyl sites for hydroxylation is 1. The van der Waals surface area contributed by atoms with Gasteiger partial charge >= 0.3 is 5.97 Å². The fraction of sp³-hybridized carbons (Fsp3) is 0.400. The Morgan fingerprint density at radius 1 is 1.07 bits per heavy atom. The number of benzene rings is 2. The smallest absolute Gasteiger partial charge is 0.309 e. The Morgan fingerprint density at radius 3 is 2.62 bits per heavy atom. The number of ether oxygens (including phenoxy) is 1. The van der Waals surface area contributed by atoms with Crippen molar-refractivity contribution in [3.63, 3.8) is 0 Å². The molecule has 1 aliphatic heterocycles. The molecule has 150 valence electrons. The van der Waals surface area contributed by atoms with E-state index in [2.05, 4.69) is 58.4 Å². The van der Waals surface area contributed by atoms with Gasteiger partial charge in [-0.1, -0.05) is 42.5 Å². The van der Waals surface area contributed by atoms with Gasteiger partial charge in [-0.05, 0) is 68.5 Å². The number of esters is 1. The van der Waals surface area contributed by atoms with Gasteiger partial charge in [0.2, 0.25) is 0 Å². The number of likely N-dealkylation sites (tertiary alicyclic amines) is 1. The molecule has 2 aromatic carbocycles. The van der Waals surface area contributed by atoms with E-state index in [0.29, 0.717) is 12.6 Å². The van der Waals surface area contributed by atoms with Crippen molar-refractivity contribution in [3.05, 3.63) is 59.7 Å². The van der Waals surface area contributed by atoms with Gasteiger partial charge in [0.1, 0.15) is 0 Å². The highest BCUT2D eigenvalue weighted by Gasteiger charge is 2.33. The molecule has 2 aliphatic rings. The molecule has 0 radical (unpaired) electrons. The van der Waals surface area contributed by atoms with Crippen LogP contribution < -0.4 is 0 Å². The van der Waals surface area contributed by atoms with Gasteiger partial charge < -0.3 is 9.72 Å². The van der Waals surface area contributed by atoms with Crippen LogP contribution in [0.4, 0.5) is 0 Å². The molecule has 1 N–H and O–H groups in total. The Hall–Kier alpha value is -2.59. The molecule has 0 saturated carbocycles. The zero-order valence-electron chi connectivity index (χ0n) is 17.0. The molecule has 29 heavy (non-hydrogen) atoms. The second kappa shape index (κ2) is 7.68. The minimum Gasteiger partial charge on any atom is -0.466 e. The highest BCUT2D eigenvalue weighted by atomic mass is 16.5. The number of piperidine rings is 1. The van der Waals surface area contributed by atoms with Gasteiger partial charge in [0.15, 0.2) is 0 Å². The van der Waals surface area contributed by atoms with E-state index >= 15 is 0 Å². The first kappa shape index (κ1) is 18.4. The summed E-state index contributed by atoms with van der Waals surface area (Å²) in [6.45, 7) is 4.29. The molecule has 0 bridgehead atoms. The number of aromatic amines is 1. The van der Waals surface area contributed by atoms with Crippen molar-refractivity contribution < 1.29 is 9.53 Å². The zero-order chi connectivity index (χ0) is 19.8. The molecule has 5 rings (SSSR count). The van der Waals surface area contributed by atoms with Gasteiger partial charge in [0.25, 0.3) is 0 Å². The molecule has 0 amide bonds. The average Bonchev–Trinajstić information content (AvgIpc) is 3.15. The second-order valence-electron chi connectivity index (χ2n) is 8.23. The predicted molar refractivity (Wildman–Crippen MR) is 116 cm³/mol. The number of aromatic nitrogens is 1. The summed E-state index contributed by atoms with van der Waals surface area (Å²) in [5, 5.41) is 1.41. The summed E-state index contributed by atoms with van der Waals surface area (Å²) < 4.78 is 5.24. The molecule has 0 spiro atoms. The third-order valence-electron chi connectivity index (χ3n) is 6.64. The third kappa shape index (κ3) is 3.25. The van der Waals surface area contributed by atoms with Crippen molar-refractivity contribution in [1.29, 1.82) is 0 Å². The van der Waals surface area contributed by atoms with Crippen LogP contribution in [0.25, 0.3) is 22.2 Å². The highest BCUT2D eigenvalue weighted by molar-refractivity contribution is 5.94. The summed E-state index contributed by atoms with van der Waals surface area (Å²) >= 11 is 0. The second-order valence-corrected chi connectivity index (χ2v) is 8.23. The summed E-state index contributed by atoms with van der Waals surface area (Å²) in [7, 11) is 0. The monoisotopic (exact) mass is 388 g/mol. The van der Waals surface area contributed by atoms with Crippen LogP contribution in [0.3, 0.4) is 0 Å². The van der Waals surface area contributed by atoms with E-state index < -0.39 is 0 Å². The van der Waals surface area contributed by atoms with Gasteiger partial charge in [-0.15, -0.1) is 0 Å². The fourth-order valence-electron chi connectivity index (χ4n) is 5.25. The summed E-state index contributed by atoms with van der Waals surface area (Å²) in [6, 6.07) is 17.8. The van der Waals surface area contributed by atoms with Gasteiger partial charge in [0, 0.05) is 22.6 Å². The Morgan fingerprint density at radius 2 is 1.86 bits per heavy atom. The normalized spacial score (nSPS) is 20.1. The third-order valence-corrected chi connectivity index (χ3v) is 6.64. The van der Waals surface area contributed by atoms with E-state index in [9.17, 15) is 4.79 Å². The number of hydrogen-bond donors (Lipinski definition) is 1. The summed E-state index contributed by atoms with van der Waals surface area (Å²) in [4.78, 5) is 18.4. The van der Waals surface area contributed by atoms with Crippen LogP contribution >= 0.6 is 0 Å². The maximum absolute atomic E-state index is 12.1. The summed E-state index contributed by atoms with van der Waals surface area (Å²) in [5.74, 6) is 0.0522. The lowest BCUT2D eigenvalue weighted by Crippen LogP contribution is -2.40.